The van der Waals surface area contributed by atoms with E-state index in [1.165, 1.54) is 31.4 Å². The Bertz CT molecular complexity index is 436. The van der Waals surface area contributed by atoms with Crippen molar-refractivity contribution in [2.24, 2.45) is 0 Å². The lowest BCUT2D eigenvalue weighted by Gasteiger charge is -2.45. The fraction of sp³-hybridized carbons (Fsp3) is 0.571. The summed E-state index contributed by atoms with van der Waals surface area (Å²) >= 11 is 3.64. The van der Waals surface area contributed by atoms with E-state index in [0.29, 0.717) is 12.1 Å². The Morgan fingerprint density at radius 3 is 2.94 bits per heavy atom. The molecule has 1 saturated heterocycles. The fourth-order valence-corrected chi connectivity index (χ4v) is 3.78. The summed E-state index contributed by atoms with van der Waals surface area (Å²) in [5.41, 5.74) is 7.87. The minimum absolute atomic E-state index is 0.414. The molecule has 3 nitrogen and oxygen atoms in total. The molecule has 1 aliphatic heterocycles. The predicted octanol–water partition coefficient (Wildman–Crippen LogP) is 3.18. The Morgan fingerprint density at radius 1 is 1.28 bits per heavy atom. The largest absolute Gasteiger partial charge is 0.399 e. The van der Waals surface area contributed by atoms with Crippen molar-refractivity contribution >= 4 is 27.3 Å². The van der Waals surface area contributed by atoms with Gasteiger partial charge in [-0.05, 0) is 47.0 Å². The van der Waals surface area contributed by atoms with Crippen LogP contribution in [-0.4, -0.2) is 25.3 Å². The van der Waals surface area contributed by atoms with Crippen molar-refractivity contribution in [1.82, 2.24) is 0 Å². The maximum Gasteiger partial charge on any atom is 0.0779 e. The summed E-state index contributed by atoms with van der Waals surface area (Å²) < 4.78 is 7.01. The topological polar surface area (TPSA) is 38.5 Å². The third kappa shape index (κ3) is 2.24. The molecule has 2 atom stereocenters. The number of nitrogens with two attached hydrogens (primary N) is 1. The van der Waals surface area contributed by atoms with E-state index in [2.05, 4.69) is 26.9 Å². The molecule has 2 fully saturated rings. The molecular formula is C14H19BrN2O. The lowest BCUT2D eigenvalue weighted by molar-refractivity contribution is -0.00872. The fourth-order valence-electron chi connectivity index (χ4n) is 3.15. The molecule has 1 aliphatic carbocycles. The quantitative estimate of drug-likeness (QED) is 0.810. The van der Waals surface area contributed by atoms with E-state index in [4.69, 9.17) is 10.5 Å². The minimum Gasteiger partial charge on any atom is -0.399 e. The van der Waals surface area contributed by atoms with Gasteiger partial charge < -0.3 is 15.4 Å². The molecule has 0 spiro atoms. The molecule has 0 amide bonds. The molecule has 1 saturated carbocycles. The highest BCUT2D eigenvalue weighted by Gasteiger charge is 2.34. The summed E-state index contributed by atoms with van der Waals surface area (Å²) in [4.78, 5) is 2.50. The first kappa shape index (κ1) is 12.3. The van der Waals surface area contributed by atoms with Crippen molar-refractivity contribution in [3.8, 4) is 0 Å². The van der Waals surface area contributed by atoms with Gasteiger partial charge in [0.15, 0.2) is 0 Å². The van der Waals surface area contributed by atoms with Crippen LogP contribution in [0.2, 0.25) is 0 Å². The first-order valence-corrected chi connectivity index (χ1v) is 7.48. The molecule has 2 N–H and O–H groups in total. The molecule has 0 radical (unpaired) electrons. The summed E-state index contributed by atoms with van der Waals surface area (Å²) in [6.45, 7) is 1.81. The summed E-state index contributed by atoms with van der Waals surface area (Å²) in [5.74, 6) is 0. The van der Waals surface area contributed by atoms with Crippen LogP contribution in [0.15, 0.2) is 22.7 Å². The van der Waals surface area contributed by atoms with E-state index in [0.717, 1.165) is 23.3 Å². The van der Waals surface area contributed by atoms with E-state index in [9.17, 15) is 0 Å². The van der Waals surface area contributed by atoms with E-state index < -0.39 is 0 Å². The number of morpholine rings is 1. The minimum atomic E-state index is 0.414. The van der Waals surface area contributed by atoms with Crippen molar-refractivity contribution < 1.29 is 4.74 Å². The lowest BCUT2D eigenvalue weighted by atomic mass is 9.90. The van der Waals surface area contributed by atoms with E-state index in [1.807, 2.05) is 12.1 Å². The normalized spacial score (nSPS) is 27.9. The van der Waals surface area contributed by atoms with E-state index in [1.54, 1.807) is 0 Å². The highest BCUT2D eigenvalue weighted by atomic mass is 79.9. The maximum atomic E-state index is 5.92. The van der Waals surface area contributed by atoms with Crippen molar-refractivity contribution in [2.75, 3.05) is 23.8 Å². The second-order valence-electron chi connectivity index (χ2n) is 5.17. The number of nitrogen functional groups attached to an aromatic ring is 1. The molecule has 4 heteroatoms. The van der Waals surface area contributed by atoms with Crippen molar-refractivity contribution in [3.05, 3.63) is 22.7 Å². The molecule has 1 heterocycles. The number of fused-ring (bicyclic) bond motifs is 1. The monoisotopic (exact) mass is 310 g/mol. The summed E-state index contributed by atoms with van der Waals surface area (Å²) in [6.07, 6.45) is 5.47. The van der Waals surface area contributed by atoms with Crippen LogP contribution in [0.5, 0.6) is 0 Å². The highest BCUT2D eigenvalue weighted by Crippen LogP contribution is 2.36. The van der Waals surface area contributed by atoms with Crippen LogP contribution in [0, 0.1) is 0 Å². The average Bonchev–Trinajstić information content (AvgIpc) is 2.38. The van der Waals surface area contributed by atoms with Crippen LogP contribution in [0.3, 0.4) is 0 Å². The Morgan fingerprint density at radius 2 is 2.11 bits per heavy atom. The molecular weight excluding hydrogens is 292 g/mol. The number of benzene rings is 1. The standard InChI is InChI=1S/C14H19BrN2O/c15-11-9-10(16)5-6-12(11)17-7-8-18-14-4-2-1-3-13(14)17/h5-6,9,13-14H,1-4,7-8,16H2. The molecule has 0 aromatic heterocycles. The van der Waals surface area contributed by atoms with Gasteiger partial charge in [0.25, 0.3) is 0 Å². The molecule has 0 bridgehead atoms. The second kappa shape index (κ2) is 5.10. The Kier molecular flexibility index (Phi) is 3.48. The molecule has 2 aliphatic rings. The zero-order valence-electron chi connectivity index (χ0n) is 10.4. The Balaban J connectivity index is 1.89. The van der Waals surface area contributed by atoms with Crippen molar-refractivity contribution in [2.45, 2.75) is 37.8 Å². The average molecular weight is 311 g/mol. The van der Waals surface area contributed by atoms with Crippen LogP contribution >= 0.6 is 15.9 Å². The van der Waals surface area contributed by atoms with Gasteiger partial charge >= 0.3 is 0 Å². The van der Waals surface area contributed by atoms with Gasteiger partial charge in [0, 0.05) is 16.7 Å². The highest BCUT2D eigenvalue weighted by molar-refractivity contribution is 9.10. The second-order valence-corrected chi connectivity index (χ2v) is 6.02. The third-order valence-corrected chi connectivity index (χ3v) is 4.65. The SMILES string of the molecule is Nc1ccc(N2CCOC3CCCCC32)c(Br)c1. The van der Waals surface area contributed by atoms with Crippen LogP contribution in [-0.2, 0) is 4.74 Å². The van der Waals surface area contributed by atoms with E-state index >= 15 is 0 Å². The summed E-state index contributed by atoms with van der Waals surface area (Å²) in [6, 6.07) is 6.62. The van der Waals surface area contributed by atoms with Gasteiger partial charge in [-0.3, -0.25) is 0 Å². The summed E-state index contributed by atoms with van der Waals surface area (Å²) in [7, 11) is 0. The predicted molar refractivity (Wildman–Crippen MR) is 77.9 cm³/mol. The number of hydrogen-bond donors (Lipinski definition) is 1. The number of hydrogen-bond acceptors (Lipinski definition) is 3. The molecule has 3 rings (SSSR count). The van der Waals surface area contributed by atoms with Gasteiger partial charge in [-0.1, -0.05) is 12.8 Å². The molecule has 1 aromatic carbocycles. The maximum absolute atomic E-state index is 5.92. The molecule has 98 valence electrons. The number of halogens is 1. The third-order valence-electron chi connectivity index (χ3n) is 4.01. The van der Waals surface area contributed by atoms with Crippen molar-refractivity contribution in [1.29, 1.82) is 0 Å². The van der Waals surface area contributed by atoms with Gasteiger partial charge in [0.1, 0.15) is 0 Å². The van der Waals surface area contributed by atoms with Crippen LogP contribution < -0.4 is 10.6 Å². The van der Waals surface area contributed by atoms with Crippen molar-refractivity contribution in [3.63, 3.8) is 0 Å². The first-order chi connectivity index (χ1) is 8.75. The zero-order chi connectivity index (χ0) is 12.5. The molecule has 18 heavy (non-hydrogen) atoms. The van der Waals surface area contributed by atoms with Crippen LogP contribution in [0.4, 0.5) is 11.4 Å². The smallest absolute Gasteiger partial charge is 0.0779 e. The van der Waals surface area contributed by atoms with E-state index in [-0.39, 0.29) is 0 Å². The zero-order valence-corrected chi connectivity index (χ0v) is 12.0. The van der Waals surface area contributed by atoms with Gasteiger partial charge in [-0.2, -0.15) is 0 Å². The first-order valence-electron chi connectivity index (χ1n) is 6.69. The number of rotatable bonds is 1. The number of nitrogens with zero attached hydrogens (tertiary/aromatic N) is 1. The van der Waals surface area contributed by atoms with Gasteiger partial charge in [-0.15, -0.1) is 0 Å². The van der Waals surface area contributed by atoms with Gasteiger partial charge in [0.2, 0.25) is 0 Å². The van der Waals surface area contributed by atoms with Gasteiger partial charge in [-0.25, -0.2) is 0 Å². The van der Waals surface area contributed by atoms with Gasteiger partial charge in [0.05, 0.1) is 24.4 Å². The number of anilines is 2. The van der Waals surface area contributed by atoms with Crippen LogP contribution in [0.25, 0.3) is 0 Å². The Labute approximate surface area is 116 Å². The van der Waals surface area contributed by atoms with Crippen LogP contribution in [0.1, 0.15) is 25.7 Å². The molecule has 2 unspecified atom stereocenters. The number of ether oxygens (including phenoxy) is 1. The Hall–Kier alpha value is -0.740. The summed E-state index contributed by atoms with van der Waals surface area (Å²) in [5, 5.41) is 0. The lowest BCUT2D eigenvalue weighted by Crippen LogP contribution is -2.53. The molecule has 1 aromatic rings.